The van der Waals surface area contributed by atoms with Crippen molar-refractivity contribution in [3.63, 3.8) is 0 Å². The molecule has 3 aromatic rings. The van der Waals surface area contributed by atoms with Crippen molar-refractivity contribution in [2.24, 2.45) is 0 Å². The second kappa shape index (κ2) is 4.06. The van der Waals surface area contributed by atoms with Crippen molar-refractivity contribution in [1.29, 1.82) is 0 Å². The third-order valence-electron chi connectivity index (χ3n) is 2.65. The molecule has 0 unspecified atom stereocenters. The van der Waals surface area contributed by atoms with Crippen molar-refractivity contribution in [3.05, 3.63) is 30.1 Å². The van der Waals surface area contributed by atoms with Crippen LogP contribution in [0.5, 0.6) is 5.75 Å². The quantitative estimate of drug-likeness (QED) is 0.769. The molecule has 0 aliphatic heterocycles. The number of phenols is 1. The Morgan fingerprint density at radius 1 is 1.17 bits per heavy atom. The van der Waals surface area contributed by atoms with E-state index in [1.165, 1.54) is 11.3 Å². The van der Waals surface area contributed by atoms with Crippen LogP contribution in [-0.4, -0.2) is 24.9 Å². The molecule has 0 radical (unpaired) electrons. The lowest BCUT2D eigenvalue weighted by atomic mass is 10.2. The average molecular weight is 260 g/mol. The van der Waals surface area contributed by atoms with Crippen molar-refractivity contribution in [1.82, 2.24) is 19.8 Å². The van der Waals surface area contributed by atoms with Gasteiger partial charge in [-0.3, -0.25) is 0 Å². The minimum atomic E-state index is 0.254. The maximum absolute atomic E-state index is 9.28. The smallest absolute Gasteiger partial charge is 0.234 e. The lowest BCUT2D eigenvalue weighted by Crippen LogP contribution is -1.97. The number of hydrogen-bond donors (Lipinski definition) is 1. The van der Waals surface area contributed by atoms with E-state index in [2.05, 4.69) is 29.1 Å². The highest BCUT2D eigenvalue weighted by molar-refractivity contribution is 7.19. The van der Waals surface area contributed by atoms with Gasteiger partial charge in [0.1, 0.15) is 10.8 Å². The van der Waals surface area contributed by atoms with Gasteiger partial charge in [-0.15, -0.1) is 10.2 Å². The van der Waals surface area contributed by atoms with E-state index < -0.39 is 0 Å². The maximum Gasteiger partial charge on any atom is 0.234 e. The van der Waals surface area contributed by atoms with Gasteiger partial charge in [-0.25, -0.2) is 0 Å². The molecule has 0 amide bonds. The van der Waals surface area contributed by atoms with Crippen LogP contribution in [0, 0.1) is 0 Å². The largest absolute Gasteiger partial charge is 0.508 e. The Balaban J connectivity index is 2.11. The van der Waals surface area contributed by atoms with Crippen LogP contribution < -0.4 is 0 Å². The molecule has 18 heavy (non-hydrogen) atoms. The van der Waals surface area contributed by atoms with Gasteiger partial charge in [-0.1, -0.05) is 25.2 Å². The highest BCUT2D eigenvalue weighted by Gasteiger charge is 2.14. The first kappa shape index (κ1) is 11.2. The fraction of sp³-hybridized carbons (Fsp3) is 0.250. The Labute approximate surface area is 108 Å². The molecule has 0 atom stereocenters. The van der Waals surface area contributed by atoms with E-state index in [0.717, 1.165) is 21.4 Å². The van der Waals surface area contributed by atoms with Gasteiger partial charge in [0.15, 0.2) is 5.82 Å². The number of aromatic nitrogens is 4. The number of hydrogen-bond acceptors (Lipinski definition) is 5. The topological polar surface area (TPSA) is 63.3 Å². The fourth-order valence-corrected chi connectivity index (χ4v) is 2.56. The van der Waals surface area contributed by atoms with E-state index in [9.17, 15) is 5.11 Å². The van der Waals surface area contributed by atoms with Crippen LogP contribution in [0.3, 0.4) is 0 Å². The normalized spacial score (nSPS) is 11.5. The predicted octanol–water partition coefficient (Wildman–Crippen LogP) is 2.68. The number of fused-ring (bicyclic) bond motifs is 1. The number of aromatic hydroxyl groups is 1. The SMILES string of the molecule is CC(C)c1nnc2sc(-c3ccc(O)cc3)nn12. The molecular formula is C12H12N4OS. The predicted molar refractivity (Wildman–Crippen MR) is 69.8 cm³/mol. The molecule has 1 N–H and O–H groups in total. The van der Waals surface area contributed by atoms with Gasteiger partial charge in [0.25, 0.3) is 0 Å². The first-order valence-corrected chi connectivity index (χ1v) is 6.48. The molecule has 5 nitrogen and oxygen atoms in total. The summed E-state index contributed by atoms with van der Waals surface area (Å²) in [6.07, 6.45) is 0. The zero-order valence-electron chi connectivity index (χ0n) is 10.0. The lowest BCUT2D eigenvalue weighted by Gasteiger charge is -1.98. The van der Waals surface area contributed by atoms with Gasteiger partial charge < -0.3 is 5.11 Å². The molecule has 0 bridgehead atoms. The van der Waals surface area contributed by atoms with Gasteiger partial charge in [-0.2, -0.15) is 9.61 Å². The molecule has 2 aromatic heterocycles. The number of rotatable bonds is 2. The summed E-state index contributed by atoms with van der Waals surface area (Å²) >= 11 is 1.49. The van der Waals surface area contributed by atoms with Crippen molar-refractivity contribution in [2.45, 2.75) is 19.8 Å². The van der Waals surface area contributed by atoms with Crippen LogP contribution in [0.2, 0.25) is 0 Å². The summed E-state index contributed by atoms with van der Waals surface area (Å²) in [5.74, 6) is 1.41. The zero-order valence-corrected chi connectivity index (χ0v) is 10.8. The van der Waals surface area contributed by atoms with Crippen molar-refractivity contribution in [2.75, 3.05) is 0 Å². The van der Waals surface area contributed by atoms with E-state index in [4.69, 9.17) is 0 Å². The molecule has 0 saturated carbocycles. The van der Waals surface area contributed by atoms with Crippen molar-refractivity contribution >= 4 is 16.3 Å². The molecule has 0 spiro atoms. The average Bonchev–Trinajstić information content (AvgIpc) is 2.88. The van der Waals surface area contributed by atoms with Crippen LogP contribution in [0.4, 0.5) is 0 Å². The Hall–Kier alpha value is -1.95. The Kier molecular flexibility index (Phi) is 2.52. The number of phenolic OH excluding ortho intramolecular Hbond substituents is 1. The van der Waals surface area contributed by atoms with E-state index in [-0.39, 0.29) is 11.7 Å². The molecule has 2 heterocycles. The highest BCUT2D eigenvalue weighted by Crippen LogP contribution is 2.27. The Morgan fingerprint density at radius 3 is 2.56 bits per heavy atom. The maximum atomic E-state index is 9.28. The monoisotopic (exact) mass is 260 g/mol. The van der Waals surface area contributed by atoms with Crippen LogP contribution in [-0.2, 0) is 0 Å². The molecule has 0 aliphatic rings. The third-order valence-corrected chi connectivity index (χ3v) is 3.59. The second-order valence-electron chi connectivity index (χ2n) is 4.36. The molecule has 0 aliphatic carbocycles. The van der Waals surface area contributed by atoms with E-state index in [0.29, 0.717) is 0 Å². The molecule has 0 fully saturated rings. The summed E-state index contributed by atoms with van der Waals surface area (Å²) < 4.78 is 1.79. The lowest BCUT2D eigenvalue weighted by molar-refractivity contribution is 0.475. The van der Waals surface area contributed by atoms with Gasteiger partial charge in [0.2, 0.25) is 4.96 Å². The summed E-state index contributed by atoms with van der Waals surface area (Å²) in [6.45, 7) is 4.13. The Bertz CT molecular complexity index is 684. The minimum absolute atomic E-state index is 0.254. The van der Waals surface area contributed by atoms with Gasteiger partial charge in [0, 0.05) is 11.5 Å². The molecule has 92 valence electrons. The third kappa shape index (κ3) is 1.74. The number of nitrogens with zero attached hydrogens (tertiary/aromatic N) is 4. The molecule has 3 rings (SSSR count). The van der Waals surface area contributed by atoms with E-state index in [1.807, 2.05) is 12.1 Å². The number of benzene rings is 1. The van der Waals surface area contributed by atoms with Gasteiger partial charge in [-0.05, 0) is 24.3 Å². The van der Waals surface area contributed by atoms with Crippen LogP contribution in [0.1, 0.15) is 25.6 Å². The molecular weight excluding hydrogens is 248 g/mol. The van der Waals surface area contributed by atoms with E-state index >= 15 is 0 Å². The first-order valence-electron chi connectivity index (χ1n) is 5.66. The fourth-order valence-electron chi connectivity index (χ4n) is 1.71. The van der Waals surface area contributed by atoms with Crippen molar-refractivity contribution < 1.29 is 5.11 Å². The minimum Gasteiger partial charge on any atom is -0.508 e. The van der Waals surface area contributed by atoms with Crippen LogP contribution in [0.15, 0.2) is 24.3 Å². The zero-order chi connectivity index (χ0) is 12.7. The summed E-state index contributed by atoms with van der Waals surface area (Å²) in [6, 6.07) is 6.99. The van der Waals surface area contributed by atoms with Crippen molar-refractivity contribution in [3.8, 4) is 16.3 Å². The van der Waals surface area contributed by atoms with Crippen LogP contribution in [0.25, 0.3) is 15.5 Å². The first-order chi connectivity index (χ1) is 8.65. The molecule has 6 heteroatoms. The van der Waals surface area contributed by atoms with Crippen LogP contribution >= 0.6 is 11.3 Å². The standard InChI is InChI=1S/C12H12N4OS/c1-7(2)10-13-14-12-16(10)15-11(18-12)8-3-5-9(17)6-4-8/h3-7,17H,1-2H3. The Morgan fingerprint density at radius 2 is 1.89 bits per heavy atom. The van der Waals surface area contributed by atoms with E-state index in [1.54, 1.807) is 16.6 Å². The second-order valence-corrected chi connectivity index (χ2v) is 5.32. The highest BCUT2D eigenvalue weighted by atomic mass is 32.1. The summed E-state index contributed by atoms with van der Waals surface area (Å²) in [7, 11) is 0. The summed E-state index contributed by atoms with van der Waals surface area (Å²) in [5.41, 5.74) is 0.970. The van der Waals surface area contributed by atoms with Gasteiger partial charge in [0.05, 0.1) is 0 Å². The summed E-state index contributed by atoms with van der Waals surface area (Å²) in [4.78, 5) is 0.793. The molecule has 1 aromatic carbocycles. The molecule has 0 saturated heterocycles. The summed E-state index contributed by atoms with van der Waals surface area (Å²) in [5, 5.41) is 22.9. The van der Waals surface area contributed by atoms with Gasteiger partial charge >= 0.3 is 0 Å².